The summed E-state index contributed by atoms with van der Waals surface area (Å²) in [4.78, 5) is 30.6. The Labute approximate surface area is 109 Å². The van der Waals surface area contributed by atoms with Gasteiger partial charge in [-0.1, -0.05) is 0 Å². The van der Waals surface area contributed by atoms with Crippen LogP contribution in [0, 0.1) is 11.6 Å². The van der Waals surface area contributed by atoms with Crippen molar-refractivity contribution in [2.45, 2.75) is 0 Å². The van der Waals surface area contributed by atoms with Gasteiger partial charge in [-0.15, -0.1) is 0 Å². The lowest BCUT2D eigenvalue weighted by Gasteiger charge is -1.89. The maximum absolute atomic E-state index is 12.1. The molecule has 0 aliphatic heterocycles. The Bertz CT molecular complexity index is 600. The Kier molecular flexibility index (Phi) is 8.06. The highest BCUT2D eigenvalue weighted by molar-refractivity contribution is 5.26. The fourth-order valence-corrected chi connectivity index (χ4v) is 0.784. The van der Waals surface area contributed by atoms with E-state index >= 15 is 0 Å². The molecule has 0 saturated carbocycles. The minimum Gasteiger partial charge on any atom is -0.412 e. The Morgan fingerprint density at radius 2 is 1.15 bits per heavy atom. The number of rotatable bonds is 0. The Hall–Kier alpha value is -2.86. The lowest BCUT2D eigenvalue weighted by molar-refractivity contribution is 0.617. The minimum atomic E-state index is -0.713. The molecular weight excluding hydrogens is 282 g/mol. The molecule has 0 fully saturated rings. The van der Waals surface area contributed by atoms with Gasteiger partial charge in [-0.05, 0) is 0 Å². The van der Waals surface area contributed by atoms with Gasteiger partial charge >= 0.3 is 11.4 Å². The normalized spacial score (nSPS) is 8.50. The highest BCUT2D eigenvalue weighted by Crippen LogP contribution is 1.97. The van der Waals surface area contributed by atoms with E-state index in [9.17, 15) is 18.4 Å². The second-order valence-electron chi connectivity index (χ2n) is 2.90. The molecule has 12 heteroatoms. The number of nitrogens with zero attached hydrogens (tertiary/aromatic N) is 2. The zero-order chi connectivity index (χ0) is 13.7. The van der Waals surface area contributed by atoms with Crippen molar-refractivity contribution in [3.63, 3.8) is 0 Å². The van der Waals surface area contributed by atoms with E-state index in [0.29, 0.717) is 0 Å². The number of halogens is 2. The highest BCUT2D eigenvalue weighted by atomic mass is 19.1. The van der Waals surface area contributed by atoms with Crippen LogP contribution in [0.25, 0.3) is 0 Å². The average molecular weight is 294 g/mol. The third kappa shape index (κ3) is 5.65. The van der Waals surface area contributed by atoms with Crippen molar-refractivity contribution in [1.82, 2.24) is 19.9 Å². The lowest BCUT2D eigenvalue weighted by Crippen LogP contribution is -2.12. The van der Waals surface area contributed by atoms with Crippen LogP contribution in [0.4, 0.5) is 20.4 Å². The number of nitrogens with one attached hydrogen (secondary N) is 2. The molecule has 0 spiro atoms. The number of aromatic nitrogens is 4. The van der Waals surface area contributed by atoms with Crippen molar-refractivity contribution in [2.24, 2.45) is 0 Å². The van der Waals surface area contributed by atoms with Crippen LogP contribution in [0.3, 0.4) is 0 Å². The number of nitrogens with two attached hydrogens (primary N) is 2. The van der Waals surface area contributed by atoms with Gasteiger partial charge in [-0.3, -0.25) is 9.97 Å². The van der Waals surface area contributed by atoms with Crippen molar-refractivity contribution in [2.75, 3.05) is 11.5 Å². The molecule has 2 aromatic rings. The van der Waals surface area contributed by atoms with E-state index in [1.165, 1.54) is 0 Å². The van der Waals surface area contributed by atoms with E-state index in [0.717, 1.165) is 12.4 Å². The standard InChI is InChI=1S/2C4H4FN3O.2H2O/c2*5-2-1-7-4(9)8-3(2)6;;/h2*1H,(H3,6,7,8,9);2*1H2. The van der Waals surface area contributed by atoms with Gasteiger partial charge in [-0.25, -0.2) is 18.4 Å². The predicted octanol–water partition coefficient (Wildman–Crippen LogP) is -2.67. The van der Waals surface area contributed by atoms with Crippen LogP contribution in [0.5, 0.6) is 0 Å². The minimum absolute atomic E-state index is 0. The van der Waals surface area contributed by atoms with E-state index in [-0.39, 0.29) is 22.6 Å². The van der Waals surface area contributed by atoms with Crippen LogP contribution >= 0.6 is 0 Å². The molecule has 2 aromatic heterocycles. The quantitative estimate of drug-likeness (QED) is 0.407. The summed E-state index contributed by atoms with van der Waals surface area (Å²) in [6.45, 7) is 0. The van der Waals surface area contributed by atoms with Crippen LogP contribution in [-0.4, -0.2) is 30.9 Å². The smallest absolute Gasteiger partial charge is 0.346 e. The maximum atomic E-state index is 12.1. The van der Waals surface area contributed by atoms with Crippen molar-refractivity contribution in [3.8, 4) is 0 Å². The van der Waals surface area contributed by atoms with Gasteiger partial charge in [0.1, 0.15) is 11.6 Å². The van der Waals surface area contributed by atoms with E-state index in [1.807, 2.05) is 9.97 Å². The molecule has 10 N–H and O–H groups in total. The number of anilines is 2. The van der Waals surface area contributed by atoms with Gasteiger partial charge in [0.05, 0.1) is 12.4 Å². The summed E-state index contributed by atoms with van der Waals surface area (Å²) < 4.78 is 24.3. The first-order chi connectivity index (χ1) is 8.40. The zero-order valence-corrected chi connectivity index (χ0v) is 9.78. The first kappa shape index (κ1) is 19.5. The van der Waals surface area contributed by atoms with Crippen molar-refractivity contribution < 1.29 is 19.7 Å². The molecule has 20 heavy (non-hydrogen) atoms. The molecule has 0 aliphatic carbocycles. The topological polar surface area (TPSA) is 207 Å². The van der Waals surface area contributed by atoms with E-state index in [2.05, 4.69) is 9.97 Å². The van der Waals surface area contributed by atoms with E-state index in [1.54, 1.807) is 0 Å². The molecule has 112 valence electrons. The predicted molar refractivity (Wildman–Crippen MR) is 65.7 cm³/mol. The molecule has 0 radical (unpaired) electrons. The second kappa shape index (κ2) is 8.28. The van der Waals surface area contributed by atoms with Crippen LogP contribution in [0.1, 0.15) is 0 Å². The maximum Gasteiger partial charge on any atom is 0.346 e. The van der Waals surface area contributed by atoms with E-state index in [4.69, 9.17) is 11.5 Å². The molecule has 2 rings (SSSR count). The molecule has 10 nitrogen and oxygen atoms in total. The van der Waals surface area contributed by atoms with Crippen LogP contribution in [0.15, 0.2) is 22.0 Å². The number of nitrogen functional groups attached to an aromatic ring is 2. The number of H-pyrrole nitrogens is 2. The fourth-order valence-electron chi connectivity index (χ4n) is 0.784. The summed E-state index contributed by atoms with van der Waals surface area (Å²) >= 11 is 0. The SMILES string of the molecule is Nc1[nH]c(=O)ncc1F.Nc1[nH]c(=O)ncc1F.O.O. The van der Waals surface area contributed by atoms with Gasteiger partial charge in [0, 0.05) is 0 Å². The summed E-state index contributed by atoms with van der Waals surface area (Å²) in [6, 6.07) is 0. The molecule has 2 heterocycles. The molecule has 0 amide bonds. The molecule has 0 saturated heterocycles. The van der Waals surface area contributed by atoms with Crippen LogP contribution in [-0.2, 0) is 0 Å². The van der Waals surface area contributed by atoms with Crippen molar-refractivity contribution in [1.29, 1.82) is 0 Å². The molecular formula is C8H12F2N6O4. The molecule has 0 unspecified atom stereocenters. The summed E-state index contributed by atoms with van der Waals surface area (Å²) in [5, 5.41) is 0. The third-order valence-corrected chi connectivity index (χ3v) is 1.59. The Morgan fingerprint density at radius 3 is 1.35 bits per heavy atom. The summed E-state index contributed by atoms with van der Waals surface area (Å²) in [6.07, 6.45) is 1.54. The third-order valence-electron chi connectivity index (χ3n) is 1.59. The largest absolute Gasteiger partial charge is 0.412 e. The number of aromatic amines is 2. The van der Waals surface area contributed by atoms with Crippen molar-refractivity contribution >= 4 is 11.6 Å². The number of hydrogen-bond donors (Lipinski definition) is 4. The molecule has 0 aromatic carbocycles. The van der Waals surface area contributed by atoms with Gasteiger partial charge in [0.2, 0.25) is 0 Å². The van der Waals surface area contributed by atoms with Gasteiger partial charge < -0.3 is 22.4 Å². The van der Waals surface area contributed by atoms with Crippen LogP contribution < -0.4 is 22.8 Å². The Balaban J connectivity index is 0. The first-order valence-corrected chi connectivity index (χ1v) is 4.40. The number of hydrogen-bond acceptors (Lipinski definition) is 6. The molecule has 0 aliphatic rings. The summed E-state index contributed by atoms with van der Waals surface area (Å²) in [5.74, 6) is -1.99. The first-order valence-electron chi connectivity index (χ1n) is 4.40. The summed E-state index contributed by atoms with van der Waals surface area (Å²) in [7, 11) is 0. The van der Waals surface area contributed by atoms with Gasteiger partial charge in [0.25, 0.3) is 0 Å². The Morgan fingerprint density at radius 1 is 0.850 bits per heavy atom. The van der Waals surface area contributed by atoms with Crippen LogP contribution in [0.2, 0.25) is 0 Å². The van der Waals surface area contributed by atoms with E-state index < -0.39 is 23.0 Å². The lowest BCUT2D eigenvalue weighted by atomic mass is 10.6. The van der Waals surface area contributed by atoms with Gasteiger partial charge in [0.15, 0.2) is 11.6 Å². The summed E-state index contributed by atoms with van der Waals surface area (Å²) in [5.41, 5.74) is 8.61. The van der Waals surface area contributed by atoms with Gasteiger partial charge in [-0.2, -0.15) is 9.97 Å². The molecule has 0 atom stereocenters. The zero-order valence-electron chi connectivity index (χ0n) is 9.78. The second-order valence-corrected chi connectivity index (χ2v) is 2.90. The monoisotopic (exact) mass is 294 g/mol. The molecule has 0 bridgehead atoms. The highest BCUT2D eigenvalue weighted by Gasteiger charge is 1.96. The average Bonchev–Trinajstić information content (AvgIpc) is 2.30. The fraction of sp³-hybridized carbons (Fsp3) is 0. The van der Waals surface area contributed by atoms with Crippen molar-refractivity contribution in [3.05, 3.63) is 45.0 Å².